The first-order valence-electron chi connectivity index (χ1n) is 11.1. The molecule has 7 heteroatoms. The van der Waals surface area contributed by atoms with E-state index in [-0.39, 0.29) is 36.2 Å². The van der Waals surface area contributed by atoms with E-state index in [2.05, 4.69) is 4.90 Å². The van der Waals surface area contributed by atoms with E-state index in [0.29, 0.717) is 31.4 Å². The fraction of sp³-hybridized carbons (Fsp3) is 0.696. The fourth-order valence-electron chi connectivity index (χ4n) is 4.78. The number of carbonyl (C=O) groups is 1. The molecular formula is C23H34ClFN2O3. The van der Waals surface area contributed by atoms with E-state index in [1.165, 1.54) is 12.8 Å². The zero-order chi connectivity index (χ0) is 20.2. The minimum atomic E-state index is -0.213. The maximum Gasteiger partial charge on any atom is 0.225 e. The number of halogens is 2. The normalized spacial score (nSPS) is 24.7. The van der Waals surface area contributed by atoms with Crippen LogP contribution in [0.2, 0.25) is 0 Å². The maximum absolute atomic E-state index is 14.9. The number of benzene rings is 1. The summed E-state index contributed by atoms with van der Waals surface area (Å²) < 4.78 is 26.2. The fourth-order valence-corrected chi connectivity index (χ4v) is 4.78. The van der Waals surface area contributed by atoms with Crippen LogP contribution in [0, 0.1) is 17.7 Å². The second kappa shape index (κ2) is 10.8. The van der Waals surface area contributed by atoms with Gasteiger partial charge >= 0.3 is 0 Å². The molecule has 0 bridgehead atoms. The Hall–Kier alpha value is -1.37. The van der Waals surface area contributed by atoms with Crippen molar-refractivity contribution in [3.63, 3.8) is 0 Å². The van der Waals surface area contributed by atoms with Crippen molar-refractivity contribution >= 4 is 18.3 Å². The maximum atomic E-state index is 14.9. The van der Waals surface area contributed by atoms with Gasteiger partial charge in [-0.3, -0.25) is 9.69 Å². The highest BCUT2D eigenvalue weighted by Crippen LogP contribution is 2.34. The van der Waals surface area contributed by atoms with Gasteiger partial charge in [-0.15, -0.1) is 12.4 Å². The molecule has 2 saturated heterocycles. The molecule has 2 heterocycles. The molecule has 1 aromatic rings. The molecule has 1 amide bonds. The molecule has 0 N–H and O–H groups in total. The van der Waals surface area contributed by atoms with E-state index < -0.39 is 0 Å². The Morgan fingerprint density at radius 1 is 1.23 bits per heavy atom. The van der Waals surface area contributed by atoms with Crippen LogP contribution in [-0.2, 0) is 16.1 Å². The van der Waals surface area contributed by atoms with Crippen LogP contribution in [0.4, 0.5) is 4.39 Å². The van der Waals surface area contributed by atoms with Crippen LogP contribution >= 0.6 is 12.4 Å². The summed E-state index contributed by atoms with van der Waals surface area (Å²) in [6, 6.07) is 5.48. The SMILES string of the molecule is CN(C[C@H]1C[C@H](Oc2cccc(CN3CCCC3)c2F)C1)C(=O)C1CCOCC1.Cl. The van der Waals surface area contributed by atoms with Crippen LogP contribution in [0.25, 0.3) is 0 Å². The zero-order valence-electron chi connectivity index (χ0n) is 17.9. The van der Waals surface area contributed by atoms with Crippen LogP contribution < -0.4 is 4.74 Å². The highest BCUT2D eigenvalue weighted by molar-refractivity contribution is 5.85. The van der Waals surface area contributed by atoms with Gasteiger partial charge in [-0.2, -0.15) is 0 Å². The van der Waals surface area contributed by atoms with E-state index >= 15 is 0 Å². The van der Waals surface area contributed by atoms with Crippen molar-refractivity contribution in [2.24, 2.45) is 11.8 Å². The van der Waals surface area contributed by atoms with E-state index in [1.807, 2.05) is 24.1 Å². The van der Waals surface area contributed by atoms with Crippen LogP contribution in [0.15, 0.2) is 18.2 Å². The molecule has 4 rings (SSSR count). The Labute approximate surface area is 185 Å². The van der Waals surface area contributed by atoms with Crippen LogP contribution in [-0.4, -0.2) is 61.7 Å². The number of hydrogen-bond acceptors (Lipinski definition) is 4. The molecular weight excluding hydrogens is 407 g/mol. The van der Waals surface area contributed by atoms with Gasteiger partial charge in [-0.1, -0.05) is 12.1 Å². The molecule has 3 aliphatic rings. The summed E-state index contributed by atoms with van der Waals surface area (Å²) in [5.74, 6) is 0.933. The minimum absolute atomic E-state index is 0. The van der Waals surface area contributed by atoms with E-state index in [4.69, 9.17) is 9.47 Å². The second-order valence-electron chi connectivity index (χ2n) is 8.90. The molecule has 30 heavy (non-hydrogen) atoms. The standard InChI is InChI=1S/C23H33FN2O3.ClH/c1-25(23(27)18-7-11-28-12-8-18)15-17-13-20(14-17)29-21-6-4-5-19(22(21)24)16-26-9-2-3-10-26;/h4-6,17-18,20H,2-3,7-16H2,1H3;1H/t17-,20-;. The van der Waals surface area contributed by atoms with E-state index in [1.54, 1.807) is 6.07 Å². The van der Waals surface area contributed by atoms with Gasteiger partial charge in [-0.05, 0) is 63.6 Å². The van der Waals surface area contributed by atoms with Crippen LogP contribution in [0.3, 0.4) is 0 Å². The molecule has 1 aromatic carbocycles. The highest BCUT2D eigenvalue weighted by atomic mass is 35.5. The number of nitrogens with zero attached hydrogens (tertiary/aromatic N) is 2. The summed E-state index contributed by atoms with van der Waals surface area (Å²) in [5, 5.41) is 0. The third kappa shape index (κ3) is 5.65. The van der Waals surface area contributed by atoms with Gasteiger partial charge < -0.3 is 14.4 Å². The first-order chi connectivity index (χ1) is 14.1. The molecule has 0 unspecified atom stereocenters. The Bertz CT molecular complexity index is 702. The van der Waals surface area contributed by atoms with Crippen LogP contribution in [0.5, 0.6) is 5.75 Å². The monoisotopic (exact) mass is 440 g/mol. The molecule has 1 saturated carbocycles. The molecule has 0 aromatic heterocycles. The number of carbonyl (C=O) groups excluding carboxylic acids is 1. The first-order valence-corrected chi connectivity index (χ1v) is 11.1. The Balaban J connectivity index is 0.00000256. The van der Waals surface area contributed by atoms with Gasteiger partial charge in [0.2, 0.25) is 5.91 Å². The molecule has 0 radical (unpaired) electrons. The van der Waals surface area contributed by atoms with Gasteiger partial charge in [0.25, 0.3) is 0 Å². The molecule has 0 atom stereocenters. The number of hydrogen-bond donors (Lipinski definition) is 0. The van der Waals surface area contributed by atoms with Gasteiger partial charge in [0, 0.05) is 44.8 Å². The van der Waals surface area contributed by atoms with Gasteiger partial charge in [0.15, 0.2) is 11.6 Å². The van der Waals surface area contributed by atoms with Crippen molar-refractivity contribution in [1.82, 2.24) is 9.80 Å². The molecule has 2 aliphatic heterocycles. The lowest BCUT2D eigenvalue weighted by Crippen LogP contribution is -2.44. The predicted octanol–water partition coefficient (Wildman–Crippen LogP) is 3.89. The Morgan fingerprint density at radius 3 is 2.63 bits per heavy atom. The Morgan fingerprint density at radius 2 is 1.93 bits per heavy atom. The molecule has 1 aliphatic carbocycles. The van der Waals surface area contributed by atoms with E-state index in [0.717, 1.165) is 50.9 Å². The van der Waals surface area contributed by atoms with Crippen molar-refractivity contribution in [2.75, 3.05) is 39.9 Å². The van der Waals surface area contributed by atoms with Crippen molar-refractivity contribution in [2.45, 2.75) is 51.2 Å². The van der Waals surface area contributed by atoms with Gasteiger partial charge in [0.1, 0.15) is 0 Å². The summed E-state index contributed by atoms with van der Waals surface area (Å²) in [6.07, 6.45) is 5.85. The summed E-state index contributed by atoms with van der Waals surface area (Å²) >= 11 is 0. The molecule has 0 spiro atoms. The first kappa shape index (κ1) is 23.3. The van der Waals surface area contributed by atoms with Crippen molar-refractivity contribution in [3.8, 4) is 5.75 Å². The summed E-state index contributed by atoms with van der Waals surface area (Å²) in [7, 11) is 1.90. The third-order valence-electron chi connectivity index (χ3n) is 6.60. The van der Waals surface area contributed by atoms with Crippen molar-refractivity contribution in [1.29, 1.82) is 0 Å². The van der Waals surface area contributed by atoms with Gasteiger partial charge in [0.05, 0.1) is 6.10 Å². The summed E-state index contributed by atoms with van der Waals surface area (Å²) in [5.41, 5.74) is 0.724. The van der Waals surface area contributed by atoms with Crippen molar-refractivity contribution < 1.29 is 18.7 Å². The number of amides is 1. The lowest BCUT2D eigenvalue weighted by molar-refractivity contribution is -0.138. The quantitative estimate of drug-likeness (QED) is 0.645. The largest absolute Gasteiger partial charge is 0.487 e. The smallest absolute Gasteiger partial charge is 0.225 e. The highest BCUT2D eigenvalue weighted by Gasteiger charge is 2.34. The second-order valence-corrected chi connectivity index (χ2v) is 8.90. The average molecular weight is 441 g/mol. The minimum Gasteiger partial charge on any atom is -0.487 e. The zero-order valence-corrected chi connectivity index (χ0v) is 18.7. The third-order valence-corrected chi connectivity index (χ3v) is 6.60. The molecule has 3 fully saturated rings. The molecule has 168 valence electrons. The molecule has 5 nitrogen and oxygen atoms in total. The summed E-state index contributed by atoms with van der Waals surface area (Å²) in [6.45, 7) is 4.89. The number of rotatable bonds is 7. The predicted molar refractivity (Wildman–Crippen MR) is 116 cm³/mol. The van der Waals surface area contributed by atoms with Crippen molar-refractivity contribution in [3.05, 3.63) is 29.6 Å². The van der Waals surface area contributed by atoms with Crippen LogP contribution in [0.1, 0.15) is 44.1 Å². The average Bonchev–Trinajstić information content (AvgIpc) is 3.22. The Kier molecular flexibility index (Phi) is 8.37. The number of likely N-dealkylation sites (tertiary alicyclic amines) is 1. The van der Waals surface area contributed by atoms with Gasteiger partial charge in [-0.25, -0.2) is 4.39 Å². The van der Waals surface area contributed by atoms with E-state index in [9.17, 15) is 9.18 Å². The lowest BCUT2D eigenvalue weighted by atomic mass is 9.81. The number of ether oxygens (including phenoxy) is 2. The summed E-state index contributed by atoms with van der Waals surface area (Å²) in [4.78, 5) is 16.7. The lowest BCUT2D eigenvalue weighted by Gasteiger charge is -2.38. The topological polar surface area (TPSA) is 42.0 Å².